The molecular formula is C12H12F2N2S. The average Bonchev–Trinajstić information content (AvgIpc) is 2.70. The molecule has 0 fully saturated rings. The zero-order valence-corrected chi connectivity index (χ0v) is 10.1. The third-order valence-corrected chi connectivity index (χ3v) is 3.49. The summed E-state index contributed by atoms with van der Waals surface area (Å²) in [5, 5.41) is 0.945. The summed E-state index contributed by atoms with van der Waals surface area (Å²) < 4.78 is 25.8. The second-order valence-electron chi connectivity index (χ2n) is 3.84. The molecule has 0 saturated carbocycles. The van der Waals surface area contributed by atoms with Gasteiger partial charge in [0, 0.05) is 17.1 Å². The van der Waals surface area contributed by atoms with Crippen LogP contribution in [0.3, 0.4) is 0 Å². The van der Waals surface area contributed by atoms with Gasteiger partial charge in [0.25, 0.3) is 0 Å². The fourth-order valence-electron chi connectivity index (χ4n) is 1.57. The molecule has 0 aliphatic carbocycles. The largest absolute Gasteiger partial charge is 0.323 e. The van der Waals surface area contributed by atoms with E-state index >= 15 is 0 Å². The van der Waals surface area contributed by atoms with E-state index in [0.29, 0.717) is 12.0 Å². The van der Waals surface area contributed by atoms with Crippen LogP contribution in [0.2, 0.25) is 0 Å². The van der Waals surface area contributed by atoms with Crippen LogP contribution >= 0.6 is 11.3 Å². The van der Waals surface area contributed by atoms with E-state index in [4.69, 9.17) is 5.73 Å². The fraction of sp³-hybridized carbons (Fsp3) is 0.250. The van der Waals surface area contributed by atoms with Crippen LogP contribution in [0.1, 0.15) is 21.5 Å². The minimum absolute atomic E-state index is 0.230. The van der Waals surface area contributed by atoms with Crippen LogP contribution in [-0.4, -0.2) is 4.98 Å². The second-order valence-corrected chi connectivity index (χ2v) is 5.11. The van der Waals surface area contributed by atoms with Gasteiger partial charge in [0.05, 0.1) is 5.01 Å². The number of halogens is 2. The van der Waals surface area contributed by atoms with Gasteiger partial charge in [-0.25, -0.2) is 13.8 Å². The van der Waals surface area contributed by atoms with Crippen molar-refractivity contribution in [2.24, 2.45) is 5.73 Å². The zero-order chi connectivity index (χ0) is 12.4. The Morgan fingerprint density at radius 2 is 2.12 bits per heavy atom. The van der Waals surface area contributed by atoms with Gasteiger partial charge in [-0.15, -0.1) is 11.3 Å². The number of aryl methyl sites for hydroxylation is 1. The van der Waals surface area contributed by atoms with E-state index in [1.54, 1.807) is 12.3 Å². The topological polar surface area (TPSA) is 38.9 Å². The molecule has 1 heterocycles. The molecule has 17 heavy (non-hydrogen) atoms. The first-order valence-electron chi connectivity index (χ1n) is 5.18. The summed E-state index contributed by atoms with van der Waals surface area (Å²) in [4.78, 5) is 5.07. The molecule has 0 spiro atoms. The Kier molecular flexibility index (Phi) is 3.49. The van der Waals surface area contributed by atoms with E-state index in [1.165, 1.54) is 17.4 Å². The molecule has 2 N–H and O–H groups in total. The lowest BCUT2D eigenvalue weighted by molar-refractivity contribution is 0.506. The molecule has 1 atom stereocenters. The highest BCUT2D eigenvalue weighted by Crippen LogP contribution is 2.22. The van der Waals surface area contributed by atoms with Gasteiger partial charge in [-0.2, -0.15) is 0 Å². The number of rotatable bonds is 3. The van der Waals surface area contributed by atoms with Crippen LogP contribution in [0.15, 0.2) is 24.4 Å². The first kappa shape index (κ1) is 12.1. The number of thiazole rings is 1. The van der Waals surface area contributed by atoms with Crippen LogP contribution in [0.4, 0.5) is 8.78 Å². The minimum atomic E-state index is -0.838. The van der Waals surface area contributed by atoms with Gasteiger partial charge in [-0.05, 0) is 31.0 Å². The summed E-state index contributed by atoms with van der Waals surface area (Å²) in [5.41, 5.74) is 6.67. The van der Waals surface area contributed by atoms with Crippen molar-refractivity contribution in [1.29, 1.82) is 0 Å². The summed E-state index contributed by atoms with van der Waals surface area (Å²) >= 11 is 1.52. The van der Waals surface area contributed by atoms with Crippen molar-refractivity contribution >= 4 is 11.3 Å². The average molecular weight is 254 g/mol. The summed E-state index contributed by atoms with van der Waals surface area (Å²) in [6.45, 7) is 1.90. The molecule has 0 aliphatic heterocycles. The Balaban J connectivity index is 2.12. The van der Waals surface area contributed by atoms with Gasteiger partial charge >= 0.3 is 0 Å². The SMILES string of the molecule is Cc1ncc(C(N)Cc2ccc(F)c(F)c2)s1. The molecule has 0 radical (unpaired) electrons. The van der Waals surface area contributed by atoms with E-state index in [9.17, 15) is 8.78 Å². The quantitative estimate of drug-likeness (QED) is 0.914. The molecule has 2 nitrogen and oxygen atoms in total. The summed E-state index contributed by atoms with van der Waals surface area (Å²) in [5.74, 6) is -1.67. The van der Waals surface area contributed by atoms with Crippen LogP contribution < -0.4 is 5.73 Å². The summed E-state index contributed by atoms with van der Waals surface area (Å²) in [6, 6.07) is 3.62. The molecule has 1 aromatic heterocycles. The monoisotopic (exact) mass is 254 g/mol. The van der Waals surface area contributed by atoms with Crippen molar-refractivity contribution < 1.29 is 8.78 Å². The lowest BCUT2D eigenvalue weighted by atomic mass is 10.1. The number of benzene rings is 1. The molecule has 1 aromatic carbocycles. The molecule has 0 bridgehead atoms. The van der Waals surface area contributed by atoms with Crippen LogP contribution in [0.25, 0.3) is 0 Å². The molecule has 0 saturated heterocycles. The number of hydrogen-bond donors (Lipinski definition) is 1. The molecule has 2 rings (SSSR count). The molecule has 0 amide bonds. The summed E-state index contributed by atoms with van der Waals surface area (Å²) in [6.07, 6.45) is 2.20. The van der Waals surface area contributed by atoms with E-state index in [2.05, 4.69) is 4.98 Å². The van der Waals surface area contributed by atoms with Gasteiger partial charge in [0.2, 0.25) is 0 Å². The number of hydrogen-bond acceptors (Lipinski definition) is 3. The Hall–Kier alpha value is -1.33. The van der Waals surface area contributed by atoms with Crippen molar-refractivity contribution in [2.45, 2.75) is 19.4 Å². The first-order chi connectivity index (χ1) is 8.06. The highest BCUT2D eigenvalue weighted by Gasteiger charge is 2.11. The molecule has 90 valence electrons. The van der Waals surface area contributed by atoms with Crippen molar-refractivity contribution in [2.75, 3.05) is 0 Å². The van der Waals surface area contributed by atoms with Crippen molar-refractivity contribution in [3.8, 4) is 0 Å². The normalized spacial score (nSPS) is 12.7. The molecule has 1 unspecified atom stereocenters. The van der Waals surface area contributed by atoms with E-state index in [-0.39, 0.29) is 6.04 Å². The molecular weight excluding hydrogens is 242 g/mol. The van der Waals surface area contributed by atoms with Crippen molar-refractivity contribution in [3.63, 3.8) is 0 Å². The lowest BCUT2D eigenvalue weighted by Crippen LogP contribution is -2.12. The maximum Gasteiger partial charge on any atom is 0.159 e. The van der Waals surface area contributed by atoms with E-state index < -0.39 is 11.6 Å². The minimum Gasteiger partial charge on any atom is -0.323 e. The Labute approximate surface area is 102 Å². The predicted octanol–water partition coefficient (Wildman–Crippen LogP) is 2.97. The highest BCUT2D eigenvalue weighted by atomic mass is 32.1. The Morgan fingerprint density at radius 3 is 2.71 bits per heavy atom. The second kappa shape index (κ2) is 4.89. The van der Waals surface area contributed by atoms with Crippen molar-refractivity contribution in [1.82, 2.24) is 4.98 Å². The standard InChI is InChI=1S/C12H12F2N2S/c1-7-16-6-12(17-7)11(15)5-8-2-3-9(13)10(14)4-8/h2-4,6,11H,5,15H2,1H3. The number of aromatic nitrogens is 1. The van der Waals surface area contributed by atoms with Gasteiger partial charge in [0.1, 0.15) is 0 Å². The number of nitrogens with two attached hydrogens (primary N) is 1. The van der Waals surface area contributed by atoms with Gasteiger partial charge in [-0.1, -0.05) is 6.07 Å². The van der Waals surface area contributed by atoms with Crippen LogP contribution in [-0.2, 0) is 6.42 Å². The van der Waals surface area contributed by atoms with Crippen molar-refractivity contribution in [3.05, 3.63) is 51.5 Å². The fourth-order valence-corrected chi connectivity index (χ4v) is 2.36. The zero-order valence-electron chi connectivity index (χ0n) is 9.28. The van der Waals surface area contributed by atoms with Crippen LogP contribution in [0, 0.1) is 18.6 Å². The van der Waals surface area contributed by atoms with Crippen LogP contribution in [0.5, 0.6) is 0 Å². The maximum atomic E-state index is 13.0. The highest BCUT2D eigenvalue weighted by molar-refractivity contribution is 7.11. The van der Waals surface area contributed by atoms with Gasteiger partial charge in [0.15, 0.2) is 11.6 Å². The molecule has 0 aliphatic rings. The van der Waals surface area contributed by atoms with E-state index in [1.807, 2.05) is 6.92 Å². The van der Waals surface area contributed by atoms with Gasteiger partial charge in [-0.3, -0.25) is 0 Å². The predicted molar refractivity (Wildman–Crippen MR) is 63.8 cm³/mol. The van der Waals surface area contributed by atoms with Gasteiger partial charge < -0.3 is 5.73 Å². The Morgan fingerprint density at radius 1 is 1.35 bits per heavy atom. The number of nitrogens with zero attached hydrogens (tertiary/aromatic N) is 1. The smallest absolute Gasteiger partial charge is 0.159 e. The lowest BCUT2D eigenvalue weighted by Gasteiger charge is -2.09. The van der Waals surface area contributed by atoms with E-state index in [0.717, 1.165) is 16.0 Å². The molecule has 2 aromatic rings. The Bertz CT molecular complexity index is 525. The summed E-state index contributed by atoms with van der Waals surface area (Å²) in [7, 11) is 0. The molecule has 5 heteroatoms. The third-order valence-electron chi connectivity index (χ3n) is 2.44. The third kappa shape index (κ3) is 2.87. The first-order valence-corrected chi connectivity index (χ1v) is 6.00. The maximum absolute atomic E-state index is 13.0.